The van der Waals surface area contributed by atoms with Crippen LogP contribution in [0.3, 0.4) is 0 Å². The van der Waals surface area contributed by atoms with Crippen molar-refractivity contribution in [1.29, 1.82) is 0 Å². The molecule has 0 aliphatic carbocycles. The maximum Gasteiger partial charge on any atom is 0.0506 e. The van der Waals surface area contributed by atoms with E-state index in [0.717, 1.165) is 25.7 Å². The molecule has 2 heterocycles. The summed E-state index contributed by atoms with van der Waals surface area (Å²) in [7, 11) is 0. The molecule has 2 saturated heterocycles. The number of hydrogen-bond donors (Lipinski definition) is 1. The van der Waals surface area contributed by atoms with Crippen molar-refractivity contribution >= 4 is 0 Å². The average molecular weight is 212 g/mol. The van der Waals surface area contributed by atoms with Gasteiger partial charge in [0.05, 0.1) is 6.61 Å². The first kappa shape index (κ1) is 11.4. The minimum atomic E-state index is 0.285. The fourth-order valence-electron chi connectivity index (χ4n) is 2.72. The maximum atomic E-state index is 5.53. The van der Waals surface area contributed by atoms with Crippen molar-refractivity contribution in [2.75, 3.05) is 39.4 Å². The highest BCUT2D eigenvalue weighted by Crippen LogP contribution is 2.17. The van der Waals surface area contributed by atoms with Gasteiger partial charge in [-0.3, -0.25) is 4.90 Å². The van der Waals surface area contributed by atoms with Crippen LogP contribution in [-0.2, 0) is 4.74 Å². The van der Waals surface area contributed by atoms with Crippen LogP contribution < -0.4 is 5.32 Å². The molecule has 0 radical (unpaired) electrons. The van der Waals surface area contributed by atoms with E-state index < -0.39 is 0 Å². The van der Waals surface area contributed by atoms with E-state index in [1.54, 1.807) is 0 Å². The number of ether oxygens (including phenoxy) is 1. The third-order valence-corrected chi connectivity index (χ3v) is 3.42. The van der Waals surface area contributed by atoms with Gasteiger partial charge in [-0.15, -0.1) is 0 Å². The number of piperazine rings is 1. The number of nitrogens with one attached hydrogen (secondary N) is 1. The fourth-order valence-corrected chi connectivity index (χ4v) is 2.72. The van der Waals surface area contributed by atoms with E-state index in [9.17, 15) is 0 Å². The van der Waals surface area contributed by atoms with Crippen molar-refractivity contribution in [2.45, 2.75) is 32.2 Å². The largest absolute Gasteiger partial charge is 0.381 e. The summed E-state index contributed by atoms with van der Waals surface area (Å²) in [5.74, 6) is 0.771. The molecule has 1 N–H and O–H groups in total. The summed E-state index contributed by atoms with van der Waals surface area (Å²) in [5.41, 5.74) is 0.285. The molecule has 1 atom stereocenters. The molecule has 0 bridgehead atoms. The summed E-state index contributed by atoms with van der Waals surface area (Å²) in [5, 5.41) is 3.55. The van der Waals surface area contributed by atoms with Gasteiger partial charge >= 0.3 is 0 Å². The summed E-state index contributed by atoms with van der Waals surface area (Å²) in [6.45, 7) is 11.2. The SMILES string of the molecule is CC1(C)CN(CC2CCCOC2)CCN1. The second-order valence-electron chi connectivity index (χ2n) is 5.63. The van der Waals surface area contributed by atoms with Crippen molar-refractivity contribution in [3.63, 3.8) is 0 Å². The maximum absolute atomic E-state index is 5.53. The Hall–Kier alpha value is -0.120. The Morgan fingerprint density at radius 2 is 2.33 bits per heavy atom. The quantitative estimate of drug-likeness (QED) is 0.742. The van der Waals surface area contributed by atoms with Crippen molar-refractivity contribution in [3.05, 3.63) is 0 Å². The van der Waals surface area contributed by atoms with Gasteiger partial charge in [0.15, 0.2) is 0 Å². The lowest BCUT2D eigenvalue weighted by Crippen LogP contribution is -2.57. The molecule has 88 valence electrons. The van der Waals surface area contributed by atoms with Crippen LogP contribution >= 0.6 is 0 Å². The molecule has 2 aliphatic rings. The lowest BCUT2D eigenvalue weighted by Gasteiger charge is -2.41. The molecule has 0 spiro atoms. The zero-order valence-corrected chi connectivity index (χ0v) is 10.1. The molecular formula is C12H24N2O. The van der Waals surface area contributed by atoms with Crippen LogP contribution in [0.15, 0.2) is 0 Å². The number of nitrogens with zero attached hydrogens (tertiary/aromatic N) is 1. The van der Waals surface area contributed by atoms with E-state index in [-0.39, 0.29) is 5.54 Å². The summed E-state index contributed by atoms with van der Waals surface area (Å²) < 4.78 is 5.53. The summed E-state index contributed by atoms with van der Waals surface area (Å²) >= 11 is 0. The molecule has 0 aromatic carbocycles. The molecule has 15 heavy (non-hydrogen) atoms. The summed E-state index contributed by atoms with van der Waals surface area (Å²) in [4.78, 5) is 2.59. The van der Waals surface area contributed by atoms with Crippen LogP contribution in [0.5, 0.6) is 0 Å². The van der Waals surface area contributed by atoms with Crippen LogP contribution in [0, 0.1) is 5.92 Å². The molecule has 1 unspecified atom stereocenters. The lowest BCUT2D eigenvalue weighted by atomic mass is 9.98. The predicted octanol–water partition coefficient (Wildman–Crippen LogP) is 1.10. The molecular weight excluding hydrogens is 188 g/mol. The average Bonchev–Trinajstić information content (AvgIpc) is 2.17. The number of rotatable bonds is 2. The smallest absolute Gasteiger partial charge is 0.0506 e. The van der Waals surface area contributed by atoms with Crippen LogP contribution in [0.25, 0.3) is 0 Å². The standard InChI is InChI=1S/C12H24N2O/c1-12(2)10-14(6-5-13-12)8-11-4-3-7-15-9-11/h11,13H,3-10H2,1-2H3. The van der Waals surface area contributed by atoms with Gasteiger partial charge < -0.3 is 10.1 Å². The monoisotopic (exact) mass is 212 g/mol. The van der Waals surface area contributed by atoms with E-state index in [1.165, 1.54) is 32.5 Å². The van der Waals surface area contributed by atoms with Crippen molar-refractivity contribution in [2.24, 2.45) is 5.92 Å². The van der Waals surface area contributed by atoms with Crippen LogP contribution in [-0.4, -0.2) is 49.8 Å². The zero-order chi connectivity index (χ0) is 10.7. The normalized spacial score (nSPS) is 32.8. The van der Waals surface area contributed by atoms with Gasteiger partial charge in [0.1, 0.15) is 0 Å². The van der Waals surface area contributed by atoms with E-state index in [4.69, 9.17) is 4.74 Å². The molecule has 2 rings (SSSR count). The first-order valence-electron chi connectivity index (χ1n) is 6.21. The van der Waals surface area contributed by atoms with Crippen LogP contribution in [0.4, 0.5) is 0 Å². The van der Waals surface area contributed by atoms with Gasteiger partial charge in [-0.25, -0.2) is 0 Å². The molecule has 0 aromatic rings. The molecule has 0 saturated carbocycles. The van der Waals surface area contributed by atoms with E-state index in [1.807, 2.05) is 0 Å². The third-order valence-electron chi connectivity index (χ3n) is 3.42. The van der Waals surface area contributed by atoms with E-state index in [2.05, 4.69) is 24.1 Å². The molecule has 0 amide bonds. The minimum Gasteiger partial charge on any atom is -0.381 e. The highest BCUT2D eigenvalue weighted by atomic mass is 16.5. The third kappa shape index (κ3) is 3.44. The Labute approximate surface area is 93.2 Å². The van der Waals surface area contributed by atoms with E-state index in [0.29, 0.717) is 0 Å². The second-order valence-corrected chi connectivity index (χ2v) is 5.63. The Morgan fingerprint density at radius 3 is 3.00 bits per heavy atom. The highest BCUT2D eigenvalue weighted by molar-refractivity contribution is 4.87. The molecule has 3 heteroatoms. The second kappa shape index (κ2) is 4.81. The Balaban J connectivity index is 1.78. The van der Waals surface area contributed by atoms with Gasteiger partial charge in [-0.2, -0.15) is 0 Å². The van der Waals surface area contributed by atoms with Gasteiger partial charge in [0.25, 0.3) is 0 Å². The fraction of sp³-hybridized carbons (Fsp3) is 1.00. The minimum absolute atomic E-state index is 0.285. The van der Waals surface area contributed by atoms with Crippen molar-refractivity contribution in [1.82, 2.24) is 10.2 Å². The van der Waals surface area contributed by atoms with Crippen LogP contribution in [0.1, 0.15) is 26.7 Å². The topological polar surface area (TPSA) is 24.5 Å². The molecule has 0 aromatic heterocycles. The highest BCUT2D eigenvalue weighted by Gasteiger charge is 2.27. The molecule has 2 fully saturated rings. The Morgan fingerprint density at radius 1 is 1.47 bits per heavy atom. The molecule has 3 nitrogen and oxygen atoms in total. The van der Waals surface area contributed by atoms with Gasteiger partial charge in [-0.1, -0.05) is 0 Å². The van der Waals surface area contributed by atoms with Crippen molar-refractivity contribution in [3.8, 4) is 0 Å². The van der Waals surface area contributed by atoms with Gasteiger partial charge in [0, 0.05) is 38.3 Å². The zero-order valence-electron chi connectivity index (χ0n) is 10.1. The first-order valence-corrected chi connectivity index (χ1v) is 6.21. The predicted molar refractivity (Wildman–Crippen MR) is 62.1 cm³/mol. The molecule has 2 aliphatic heterocycles. The summed E-state index contributed by atoms with van der Waals surface area (Å²) in [6, 6.07) is 0. The lowest BCUT2D eigenvalue weighted by molar-refractivity contribution is 0.0294. The Kier molecular flexibility index (Phi) is 3.65. The summed E-state index contributed by atoms with van der Waals surface area (Å²) in [6.07, 6.45) is 2.60. The van der Waals surface area contributed by atoms with E-state index >= 15 is 0 Å². The first-order chi connectivity index (χ1) is 7.16. The van der Waals surface area contributed by atoms with Crippen LogP contribution in [0.2, 0.25) is 0 Å². The van der Waals surface area contributed by atoms with Crippen molar-refractivity contribution < 1.29 is 4.74 Å². The van der Waals surface area contributed by atoms with Gasteiger partial charge in [0.2, 0.25) is 0 Å². The Bertz CT molecular complexity index is 200. The van der Waals surface area contributed by atoms with Gasteiger partial charge in [-0.05, 0) is 32.6 Å². The number of hydrogen-bond acceptors (Lipinski definition) is 3.